The number of hydrogen-bond acceptors (Lipinski definition) is 5. The number of anilines is 1. The normalized spacial score (nSPS) is 14.8. The molecule has 0 bridgehead atoms. The van der Waals surface area contributed by atoms with Crippen molar-refractivity contribution in [1.29, 1.82) is 0 Å². The molecule has 9 heteroatoms. The van der Waals surface area contributed by atoms with E-state index in [1.54, 1.807) is 24.3 Å². The molecule has 0 aromatic heterocycles. The van der Waals surface area contributed by atoms with E-state index >= 15 is 0 Å². The number of nitrogens with zero attached hydrogens (tertiary/aromatic N) is 2. The summed E-state index contributed by atoms with van der Waals surface area (Å²) in [5.74, 6) is -0.105. The Morgan fingerprint density at radius 2 is 1.69 bits per heavy atom. The van der Waals surface area contributed by atoms with Crippen LogP contribution in [-0.4, -0.2) is 58.3 Å². The first-order valence-electron chi connectivity index (χ1n) is 10.7. The summed E-state index contributed by atoms with van der Waals surface area (Å²) in [5.41, 5.74) is 2.81. The number of carbonyl (C=O) groups excluding carboxylic acids is 1. The van der Waals surface area contributed by atoms with Crippen LogP contribution in [0.15, 0.2) is 48.5 Å². The van der Waals surface area contributed by atoms with E-state index < -0.39 is 10.0 Å². The van der Waals surface area contributed by atoms with Gasteiger partial charge in [-0.25, -0.2) is 8.42 Å². The molecule has 1 aliphatic heterocycles. The smallest absolute Gasteiger partial charge is 0.232 e. The van der Waals surface area contributed by atoms with Gasteiger partial charge < -0.3 is 10.1 Å². The van der Waals surface area contributed by atoms with Crippen molar-refractivity contribution in [2.45, 2.75) is 25.9 Å². The molecule has 1 amide bonds. The highest BCUT2D eigenvalue weighted by molar-refractivity contribution is 7.92. The fourth-order valence-corrected chi connectivity index (χ4v) is 4.64. The highest BCUT2D eigenvalue weighted by Crippen LogP contribution is 2.21. The maximum Gasteiger partial charge on any atom is 0.232 e. The van der Waals surface area contributed by atoms with Crippen LogP contribution in [0.25, 0.3) is 0 Å². The van der Waals surface area contributed by atoms with Crippen molar-refractivity contribution in [3.8, 4) is 0 Å². The zero-order chi connectivity index (χ0) is 23.0. The summed E-state index contributed by atoms with van der Waals surface area (Å²) in [4.78, 5) is 14.6. The van der Waals surface area contributed by atoms with Crippen molar-refractivity contribution < 1.29 is 17.9 Å². The predicted octanol–water partition coefficient (Wildman–Crippen LogP) is 3.03. The molecule has 32 heavy (non-hydrogen) atoms. The van der Waals surface area contributed by atoms with Crippen LogP contribution in [0.4, 0.5) is 5.69 Å². The molecule has 2 aromatic rings. The van der Waals surface area contributed by atoms with Crippen LogP contribution >= 0.6 is 11.6 Å². The van der Waals surface area contributed by atoms with Crippen LogP contribution in [0, 0.1) is 0 Å². The van der Waals surface area contributed by atoms with Gasteiger partial charge in [-0.2, -0.15) is 0 Å². The fraction of sp³-hybridized carbons (Fsp3) is 0.435. The van der Waals surface area contributed by atoms with E-state index in [-0.39, 0.29) is 18.9 Å². The molecule has 3 rings (SSSR count). The lowest BCUT2D eigenvalue weighted by molar-refractivity contribution is -0.121. The van der Waals surface area contributed by atoms with Gasteiger partial charge in [0.25, 0.3) is 0 Å². The number of ether oxygens (including phenoxy) is 1. The number of nitrogens with one attached hydrogen (secondary N) is 1. The van der Waals surface area contributed by atoms with Crippen molar-refractivity contribution in [3.05, 3.63) is 64.7 Å². The van der Waals surface area contributed by atoms with Crippen LogP contribution in [0.1, 0.15) is 24.0 Å². The summed E-state index contributed by atoms with van der Waals surface area (Å²) in [6.07, 6.45) is 1.82. The van der Waals surface area contributed by atoms with Crippen LogP contribution in [0.5, 0.6) is 0 Å². The van der Waals surface area contributed by atoms with E-state index in [2.05, 4.69) is 22.3 Å². The Labute approximate surface area is 195 Å². The van der Waals surface area contributed by atoms with Crippen LogP contribution < -0.4 is 9.62 Å². The summed E-state index contributed by atoms with van der Waals surface area (Å²) in [5, 5.41) is 3.45. The number of benzene rings is 2. The molecule has 1 aliphatic rings. The van der Waals surface area contributed by atoms with Gasteiger partial charge in [0.1, 0.15) is 0 Å². The topological polar surface area (TPSA) is 79.0 Å². The van der Waals surface area contributed by atoms with Crippen molar-refractivity contribution in [2.75, 3.05) is 43.4 Å². The SMILES string of the molecule is CS(=O)(=O)N(CCCC(=O)NCc1ccc(CN2CCOCC2)cc1)c1ccc(Cl)cc1. The standard InChI is InChI=1S/C23H30ClN3O4S/c1-32(29,30)27(22-10-8-21(24)9-11-22)12-2-3-23(28)25-17-19-4-6-20(7-5-19)18-26-13-15-31-16-14-26/h4-11H,2-3,12-18H2,1H3,(H,25,28). The number of carbonyl (C=O) groups is 1. The Balaban J connectivity index is 1.42. The minimum atomic E-state index is -3.45. The minimum absolute atomic E-state index is 0.105. The third kappa shape index (κ3) is 7.78. The average Bonchev–Trinajstić information content (AvgIpc) is 2.77. The summed E-state index contributed by atoms with van der Waals surface area (Å²) >= 11 is 5.89. The lowest BCUT2D eigenvalue weighted by atomic mass is 10.1. The number of morpholine rings is 1. The molecule has 0 saturated carbocycles. The molecule has 2 aromatic carbocycles. The van der Waals surface area contributed by atoms with E-state index in [4.69, 9.17) is 16.3 Å². The maximum atomic E-state index is 12.2. The first kappa shape index (κ1) is 24.5. The van der Waals surface area contributed by atoms with Crippen molar-refractivity contribution >= 4 is 33.2 Å². The molecule has 0 spiro atoms. The molecule has 1 heterocycles. The van der Waals surface area contributed by atoms with Crippen molar-refractivity contribution in [2.24, 2.45) is 0 Å². The molecule has 1 fully saturated rings. The second kappa shape index (κ2) is 11.7. The van der Waals surface area contributed by atoms with Gasteiger partial charge in [-0.1, -0.05) is 35.9 Å². The largest absolute Gasteiger partial charge is 0.379 e. The Hall–Kier alpha value is -2.13. The van der Waals surface area contributed by atoms with Crippen molar-refractivity contribution in [1.82, 2.24) is 10.2 Å². The molecule has 7 nitrogen and oxygen atoms in total. The molecular weight excluding hydrogens is 450 g/mol. The molecule has 174 valence electrons. The van der Waals surface area contributed by atoms with E-state index in [9.17, 15) is 13.2 Å². The Morgan fingerprint density at radius 1 is 1.06 bits per heavy atom. The molecule has 1 N–H and O–H groups in total. The van der Waals surface area contributed by atoms with Gasteiger partial charge in [0.05, 0.1) is 25.2 Å². The predicted molar refractivity (Wildman–Crippen MR) is 127 cm³/mol. The first-order valence-corrected chi connectivity index (χ1v) is 12.9. The van der Waals surface area contributed by atoms with Crippen LogP contribution in [-0.2, 0) is 32.6 Å². The number of sulfonamides is 1. The zero-order valence-corrected chi connectivity index (χ0v) is 19.9. The molecule has 0 atom stereocenters. The molecule has 0 unspecified atom stereocenters. The first-order chi connectivity index (χ1) is 15.3. The summed E-state index contributed by atoms with van der Waals surface area (Å²) in [6, 6.07) is 14.9. The van der Waals surface area contributed by atoms with Crippen LogP contribution in [0.3, 0.4) is 0 Å². The number of rotatable bonds is 10. The Kier molecular flexibility index (Phi) is 8.92. The lowest BCUT2D eigenvalue weighted by Gasteiger charge is -2.26. The Bertz CT molecular complexity index is 975. The third-order valence-electron chi connectivity index (χ3n) is 5.30. The van der Waals surface area contributed by atoms with Gasteiger partial charge in [-0.3, -0.25) is 14.0 Å². The summed E-state index contributed by atoms with van der Waals surface area (Å²) in [7, 11) is -3.45. The quantitative estimate of drug-likeness (QED) is 0.566. The number of halogens is 1. The van der Waals surface area contributed by atoms with E-state index in [0.29, 0.717) is 23.7 Å². The second-order valence-corrected chi connectivity index (χ2v) is 10.2. The van der Waals surface area contributed by atoms with Gasteiger partial charge in [-0.05, 0) is 41.8 Å². The summed E-state index contributed by atoms with van der Waals surface area (Å²) in [6.45, 7) is 5.05. The monoisotopic (exact) mass is 479 g/mol. The highest BCUT2D eigenvalue weighted by atomic mass is 35.5. The second-order valence-electron chi connectivity index (χ2n) is 7.90. The van der Waals surface area contributed by atoms with Gasteiger partial charge >= 0.3 is 0 Å². The van der Waals surface area contributed by atoms with Gasteiger partial charge in [0, 0.05) is 44.2 Å². The van der Waals surface area contributed by atoms with Gasteiger partial charge in [0.15, 0.2) is 0 Å². The van der Waals surface area contributed by atoms with Crippen LogP contribution in [0.2, 0.25) is 5.02 Å². The molecule has 1 saturated heterocycles. The average molecular weight is 480 g/mol. The highest BCUT2D eigenvalue weighted by Gasteiger charge is 2.17. The molecule has 0 aliphatic carbocycles. The lowest BCUT2D eigenvalue weighted by Crippen LogP contribution is -2.35. The Morgan fingerprint density at radius 3 is 2.31 bits per heavy atom. The zero-order valence-electron chi connectivity index (χ0n) is 18.3. The van der Waals surface area contributed by atoms with Gasteiger partial charge in [-0.15, -0.1) is 0 Å². The number of amides is 1. The van der Waals surface area contributed by atoms with E-state index in [1.807, 2.05) is 12.1 Å². The maximum absolute atomic E-state index is 12.2. The fourth-order valence-electron chi connectivity index (χ4n) is 3.55. The third-order valence-corrected chi connectivity index (χ3v) is 6.75. The minimum Gasteiger partial charge on any atom is -0.379 e. The van der Waals surface area contributed by atoms with E-state index in [1.165, 1.54) is 9.87 Å². The van der Waals surface area contributed by atoms with Gasteiger partial charge in [0.2, 0.25) is 15.9 Å². The van der Waals surface area contributed by atoms with Crippen molar-refractivity contribution in [3.63, 3.8) is 0 Å². The number of hydrogen-bond donors (Lipinski definition) is 1. The van der Waals surface area contributed by atoms with E-state index in [0.717, 1.165) is 44.7 Å². The molecular formula is C23H30ClN3O4S. The summed E-state index contributed by atoms with van der Waals surface area (Å²) < 4.78 is 31.0. The molecule has 0 radical (unpaired) electrons.